The first-order valence-electron chi connectivity index (χ1n) is 6.61. The fraction of sp³-hybridized carbons (Fsp3) is 0.133. The number of aliphatic hydroxyl groups excluding tert-OH is 1. The smallest absolute Gasteiger partial charge is 0.132 e. The Kier molecular flexibility index (Phi) is 4.33. The van der Waals surface area contributed by atoms with Gasteiger partial charge in [0.05, 0.1) is 10.6 Å². The fourth-order valence-corrected chi connectivity index (χ4v) is 2.83. The molecule has 0 spiro atoms. The minimum Gasteiger partial charge on any atom is -0.386 e. The fourth-order valence-electron chi connectivity index (χ4n) is 1.85. The Morgan fingerprint density at radius 1 is 1.23 bits per heavy atom. The van der Waals surface area contributed by atoms with E-state index in [0.717, 1.165) is 10.6 Å². The van der Waals surface area contributed by atoms with Crippen molar-refractivity contribution in [2.45, 2.75) is 13.0 Å². The van der Waals surface area contributed by atoms with Gasteiger partial charge in [0.1, 0.15) is 22.7 Å². The zero-order valence-corrected chi connectivity index (χ0v) is 13.3. The maximum Gasteiger partial charge on any atom is 0.132 e. The molecule has 0 fully saturated rings. The van der Waals surface area contributed by atoms with Gasteiger partial charge in [0.25, 0.3) is 0 Å². The molecule has 5 nitrogen and oxygen atoms in total. The van der Waals surface area contributed by atoms with Gasteiger partial charge in [-0.3, -0.25) is 0 Å². The molecule has 0 aliphatic rings. The molecule has 0 radical (unpaired) electrons. The van der Waals surface area contributed by atoms with Crippen LogP contribution in [-0.2, 0) is 0 Å². The number of nitrogens with zero attached hydrogens (tertiary/aromatic N) is 3. The number of hydrogen-bond donors (Lipinski definition) is 2. The normalized spacial score (nSPS) is 12.1. The van der Waals surface area contributed by atoms with E-state index < -0.39 is 6.10 Å². The van der Waals surface area contributed by atoms with Crippen LogP contribution in [0.1, 0.15) is 18.0 Å². The van der Waals surface area contributed by atoms with Gasteiger partial charge in [0.2, 0.25) is 0 Å². The number of aliphatic hydroxyl groups is 1. The molecule has 1 unspecified atom stereocenters. The summed E-state index contributed by atoms with van der Waals surface area (Å²) in [5, 5.41) is 13.9. The molecule has 0 aliphatic carbocycles. The first-order chi connectivity index (χ1) is 10.6. The number of pyridine rings is 2. The van der Waals surface area contributed by atoms with Gasteiger partial charge in [-0.05, 0) is 31.2 Å². The van der Waals surface area contributed by atoms with Gasteiger partial charge >= 0.3 is 0 Å². The Hall–Kier alpha value is -2.02. The SMILES string of the molecule is CC(O)c1ncc(-c2cccc(Nc3cc(Cl)ccn3)n2)s1. The number of halogens is 1. The maximum absolute atomic E-state index is 9.55. The monoisotopic (exact) mass is 332 g/mol. The van der Waals surface area contributed by atoms with E-state index in [2.05, 4.69) is 20.3 Å². The summed E-state index contributed by atoms with van der Waals surface area (Å²) >= 11 is 7.36. The molecule has 3 rings (SSSR count). The van der Waals surface area contributed by atoms with E-state index in [1.807, 2.05) is 18.2 Å². The molecule has 22 heavy (non-hydrogen) atoms. The van der Waals surface area contributed by atoms with Gasteiger partial charge in [0, 0.05) is 17.4 Å². The van der Waals surface area contributed by atoms with Crippen LogP contribution in [0.2, 0.25) is 5.02 Å². The molecule has 3 aromatic rings. The quantitative estimate of drug-likeness (QED) is 0.754. The molecule has 112 valence electrons. The lowest BCUT2D eigenvalue weighted by atomic mass is 10.3. The number of nitrogens with one attached hydrogen (secondary N) is 1. The lowest BCUT2D eigenvalue weighted by Gasteiger charge is -2.06. The lowest BCUT2D eigenvalue weighted by Crippen LogP contribution is -1.96. The van der Waals surface area contributed by atoms with Gasteiger partial charge in [-0.15, -0.1) is 11.3 Å². The summed E-state index contributed by atoms with van der Waals surface area (Å²) in [6.45, 7) is 1.69. The Balaban J connectivity index is 1.85. The summed E-state index contributed by atoms with van der Waals surface area (Å²) < 4.78 is 0. The Morgan fingerprint density at radius 2 is 2.09 bits per heavy atom. The number of anilines is 2. The Morgan fingerprint density at radius 3 is 2.82 bits per heavy atom. The van der Waals surface area contributed by atoms with E-state index >= 15 is 0 Å². The Bertz CT molecular complexity index is 790. The molecule has 0 bridgehead atoms. The van der Waals surface area contributed by atoms with Crippen molar-refractivity contribution in [1.82, 2.24) is 15.0 Å². The first kappa shape index (κ1) is 14.9. The molecule has 3 heterocycles. The van der Waals surface area contributed by atoms with Crippen LogP contribution in [0.5, 0.6) is 0 Å². The van der Waals surface area contributed by atoms with E-state index in [-0.39, 0.29) is 0 Å². The zero-order chi connectivity index (χ0) is 15.5. The van der Waals surface area contributed by atoms with E-state index in [0.29, 0.717) is 21.7 Å². The van der Waals surface area contributed by atoms with Gasteiger partial charge in [-0.1, -0.05) is 17.7 Å². The molecule has 1 atom stereocenters. The average Bonchev–Trinajstić information content (AvgIpc) is 2.97. The van der Waals surface area contributed by atoms with Crippen LogP contribution in [0.25, 0.3) is 10.6 Å². The molecule has 2 N–H and O–H groups in total. The predicted octanol–water partition coefficient (Wildman–Crippen LogP) is 4.05. The third-order valence-electron chi connectivity index (χ3n) is 2.86. The highest BCUT2D eigenvalue weighted by Gasteiger charge is 2.10. The van der Waals surface area contributed by atoms with Crippen LogP contribution in [0.4, 0.5) is 11.6 Å². The lowest BCUT2D eigenvalue weighted by molar-refractivity contribution is 0.199. The van der Waals surface area contributed by atoms with Crippen molar-refractivity contribution in [3.05, 3.63) is 52.8 Å². The molecule has 0 saturated heterocycles. The van der Waals surface area contributed by atoms with Crippen molar-refractivity contribution in [3.63, 3.8) is 0 Å². The third kappa shape index (κ3) is 3.41. The van der Waals surface area contributed by atoms with E-state index in [1.54, 1.807) is 31.5 Å². The average molecular weight is 333 g/mol. The zero-order valence-electron chi connectivity index (χ0n) is 11.7. The predicted molar refractivity (Wildman–Crippen MR) is 88.5 cm³/mol. The van der Waals surface area contributed by atoms with Crippen molar-refractivity contribution in [3.8, 4) is 10.6 Å². The van der Waals surface area contributed by atoms with Crippen molar-refractivity contribution in [2.75, 3.05) is 5.32 Å². The number of aromatic nitrogens is 3. The molecule has 0 aliphatic heterocycles. The van der Waals surface area contributed by atoms with Crippen LogP contribution < -0.4 is 5.32 Å². The number of hydrogen-bond acceptors (Lipinski definition) is 6. The third-order valence-corrected chi connectivity index (χ3v) is 4.29. The minimum absolute atomic E-state index is 0.573. The van der Waals surface area contributed by atoms with Crippen molar-refractivity contribution in [2.24, 2.45) is 0 Å². The first-order valence-corrected chi connectivity index (χ1v) is 7.81. The van der Waals surface area contributed by atoms with Crippen LogP contribution in [0, 0.1) is 0 Å². The summed E-state index contributed by atoms with van der Waals surface area (Å²) in [5.74, 6) is 1.30. The summed E-state index contributed by atoms with van der Waals surface area (Å²) in [6.07, 6.45) is 2.78. The largest absolute Gasteiger partial charge is 0.386 e. The van der Waals surface area contributed by atoms with Crippen LogP contribution in [-0.4, -0.2) is 20.1 Å². The summed E-state index contributed by atoms with van der Waals surface area (Å²) in [4.78, 5) is 13.8. The summed E-state index contributed by atoms with van der Waals surface area (Å²) in [6, 6.07) is 9.09. The van der Waals surface area contributed by atoms with Crippen molar-refractivity contribution < 1.29 is 5.11 Å². The molecule has 0 amide bonds. The maximum atomic E-state index is 9.55. The highest BCUT2D eigenvalue weighted by Crippen LogP contribution is 2.28. The number of rotatable bonds is 4. The standard InChI is InChI=1S/C15H13ClN4OS/c1-9(21)15-18-8-12(22-15)11-3-2-4-13(19-11)20-14-7-10(16)5-6-17-14/h2-9,21H,1H3,(H,17,19,20). The molecule has 7 heteroatoms. The molecule has 0 saturated carbocycles. The second-order valence-electron chi connectivity index (χ2n) is 4.63. The highest BCUT2D eigenvalue weighted by molar-refractivity contribution is 7.15. The van der Waals surface area contributed by atoms with E-state index in [4.69, 9.17) is 11.6 Å². The second kappa shape index (κ2) is 6.39. The molecule has 0 aromatic carbocycles. The van der Waals surface area contributed by atoms with E-state index in [9.17, 15) is 5.11 Å². The van der Waals surface area contributed by atoms with Crippen molar-refractivity contribution >= 4 is 34.6 Å². The molecular formula is C15H13ClN4OS. The van der Waals surface area contributed by atoms with E-state index in [1.165, 1.54) is 11.3 Å². The highest BCUT2D eigenvalue weighted by atomic mass is 35.5. The van der Waals surface area contributed by atoms with Crippen LogP contribution in [0.15, 0.2) is 42.7 Å². The molecule has 3 aromatic heterocycles. The van der Waals surface area contributed by atoms with Gasteiger partial charge in [-0.25, -0.2) is 15.0 Å². The van der Waals surface area contributed by atoms with Crippen molar-refractivity contribution in [1.29, 1.82) is 0 Å². The van der Waals surface area contributed by atoms with Gasteiger partial charge in [0.15, 0.2) is 0 Å². The second-order valence-corrected chi connectivity index (χ2v) is 6.13. The Labute approximate surface area is 136 Å². The van der Waals surface area contributed by atoms with Crippen LogP contribution in [0.3, 0.4) is 0 Å². The van der Waals surface area contributed by atoms with Crippen LogP contribution >= 0.6 is 22.9 Å². The summed E-state index contributed by atoms with van der Waals surface area (Å²) in [5.41, 5.74) is 0.788. The minimum atomic E-state index is -0.573. The number of thiazole rings is 1. The molecular weight excluding hydrogens is 320 g/mol. The topological polar surface area (TPSA) is 70.9 Å². The van der Waals surface area contributed by atoms with Gasteiger partial charge in [-0.2, -0.15) is 0 Å². The van der Waals surface area contributed by atoms with Gasteiger partial charge < -0.3 is 10.4 Å². The summed E-state index contributed by atoms with van der Waals surface area (Å²) in [7, 11) is 0.